The number of imide groups is 1. The zero-order valence-corrected chi connectivity index (χ0v) is 16.2. The largest absolute Gasteiger partial charge is 0.326 e. The summed E-state index contributed by atoms with van der Waals surface area (Å²) in [5.74, 6) is -0.815. The molecule has 1 saturated heterocycles. The molecule has 3 unspecified atom stereocenters. The van der Waals surface area contributed by atoms with Crippen molar-refractivity contribution in [1.29, 1.82) is 0 Å². The molecule has 2 N–H and O–H groups in total. The van der Waals surface area contributed by atoms with Crippen LogP contribution in [0.3, 0.4) is 0 Å². The molecule has 1 saturated carbocycles. The van der Waals surface area contributed by atoms with Crippen LogP contribution in [0.1, 0.15) is 49.7 Å². The van der Waals surface area contributed by atoms with Crippen molar-refractivity contribution in [1.82, 2.24) is 5.32 Å². The minimum atomic E-state index is -0.708. The molecule has 3 atom stereocenters. The third-order valence-electron chi connectivity index (χ3n) is 6.20. The lowest BCUT2D eigenvalue weighted by Crippen LogP contribution is -2.51. The minimum absolute atomic E-state index is 0.0571. The maximum Gasteiger partial charge on any atom is 0.237 e. The summed E-state index contributed by atoms with van der Waals surface area (Å²) in [6.07, 6.45) is 2.16. The number of nitrogens with one attached hydrogen (secondary N) is 2. The lowest BCUT2D eigenvalue weighted by molar-refractivity contribution is -0.138. The van der Waals surface area contributed by atoms with Crippen molar-refractivity contribution in [2.75, 3.05) is 5.32 Å². The molecule has 29 heavy (non-hydrogen) atoms. The second kappa shape index (κ2) is 7.43. The Balaban J connectivity index is 1.42. The van der Waals surface area contributed by atoms with Crippen molar-refractivity contribution in [2.24, 2.45) is 5.92 Å². The molecule has 6 heteroatoms. The van der Waals surface area contributed by atoms with E-state index in [1.165, 1.54) is 12.1 Å². The highest BCUT2D eigenvalue weighted by atomic mass is 19.1. The van der Waals surface area contributed by atoms with E-state index in [1.54, 1.807) is 24.3 Å². The number of halogens is 1. The SMILES string of the molecule is CCC1(c2ccc(NC(=O)C3CC3c3ccc(F)cc3)cc2)CCC(=O)NC1=O. The number of benzene rings is 2. The number of carbonyl (C=O) groups excluding carboxylic acids is 3. The molecule has 4 rings (SSSR count). The third-order valence-corrected chi connectivity index (χ3v) is 6.20. The van der Waals surface area contributed by atoms with E-state index in [0.717, 1.165) is 17.5 Å². The van der Waals surface area contributed by atoms with Gasteiger partial charge in [-0.3, -0.25) is 19.7 Å². The van der Waals surface area contributed by atoms with Crippen LogP contribution in [0.5, 0.6) is 0 Å². The molecule has 2 fully saturated rings. The predicted molar refractivity (Wildman–Crippen MR) is 107 cm³/mol. The van der Waals surface area contributed by atoms with Gasteiger partial charge in [-0.2, -0.15) is 0 Å². The molecule has 1 aliphatic carbocycles. The summed E-state index contributed by atoms with van der Waals surface area (Å²) in [4.78, 5) is 36.5. The molecule has 2 aromatic carbocycles. The average Bonchev–Trinajstić information content (AvgIpc) is 3.51. The van der Waals surface area contributed by atoms with Gasteiger partial charge >= 0.3 is 0 Å². The number of rotatable bonds is 5. The fraction of sp³-hybridized carbons (Fsp3) is 0.348. The van der Waals surface area contributed by atoms with Crippen LogP contribution in [0.25, 0.3) is 0 Å². The van der Waals surface area contributed by atoms with Gasteiger partial charge in [0.2, 0.25) is 17.7 Å². The first kappa shape index (κ1) is 19.3. The molecule has 1 aliphatic heterocycles. The molecular formula is C23H23FN2O3. The Bertz CT molecular complexity index is 955. The Morgan fingerprint density at radius 1 is 1.14 bits per heavy atom. The van der Waals surface area contributed by atoms with Gasteiger partial charge in [-0.1, -0.05) is 31.2 Å². The summed E-state index contributed by atoms with van der Waals surface area (Å²) >= 11 is 0. The van der Waals surface area contributed by atoms with Gasteiger partial charge < -0.3 is 5.32 Å². The Kier molecular flexibility index (Phi) is 4.94. The molecule has 2 aromatic rings. The topological polar surface area (TPSA) is 75.3 Å². The first-order valence-corrected chi connectivity index (χ1v) is 9.94. The third kappa shape index (κ3) is 3.67. The van der Waals surface area contributed by atoms with Gasteiger partial charge in [0.15, 0.2) is 0 Å². The van der Waals surface area contributed by atoms with Gasteiger partial charge in [-0.05, 0) is 60.6 Å². The molecule has 3 amide bonds. The van der Waals surface area contributed by atoms with Crippen molar-refractivity contribution >= 4 is 23.4 Å². The number of anilines is 1. The standard InChI is InChI=1S/C23H23FN2O3/c1-2-23(12-11-20(27)26-22(23)29)15-5-9-17(10-6-15)25-21(28)19-13-18(19)14-3-7-16(24)8-4-14/h3-10,18-19H,2,11-13H2,1H3,(H,25,28)(H,26,27,29). The Labute approximate surface area is 168 Å². The highest BCUT2D eigenvalue weighted by Gasteiger charge is 2.44. The van der Waals surface area contributed by atoms with E-state index in [-0.39, 0.29) is 35.4 Å². The smallest absolute Gasteiger partial charge is 0.237 e. The number of hydrogen-bond donors (Lipinski definition) is 2. The second-order valence-corrected chi connectivity index (χ2v) is 7.88. The summed E-state index contributed by atoms with van der Waals surface area (Å²) in [6.45, 7) is 1.94. The molecule has 0 aromatic heterocycles. The van der Waals surface area contributed by atoms with Crippen LogP contribution in [0.15, 0.2) is 48.5 Å². The van der Waals surface area contributed by atoms with E-state index in [0.29, 0.717) is 24.9 Å². The van der Waals surface area contributed by atoms with Crippen LogP contribution >= 0.6 is 0 Å². The molecule has 150 valence electrons. The normalized spacial score (nSPS) is 26.0. The average molecular weight is 394 g/mol. The van der Waals surface area contributed by atoms with Crippen LogP contribution in [-0.2, 0) is 19.8 Å². The highest BCUT2D eigenvalue weighted by molar-refractivity contribution is 6.03. The van der Waals surface area contributed by atoms with Gasteiger partial charge in [-0.25, -0.2) is 4.39 Å². The zero-order chi connectivity index (χ0) is 20.6. The van der Waals surface area contributed by atoms with Crippen molar-refractivity contribution in [2.45, 2.75) is 43.9 Å². The number of amides is 3. The van der Waals surface area contributed by atoms with Crippen molar-refractivity contribution in [3.05, 3.63) is 65.5 Å². The molecule has 5 nitrogen and oxygen atoms in total. The van der Waals surface area contributed by atoms with Crippen molar-refractivity contribution < 1.29 is 18.8 Å². The fourth-order valence-electron chi connectivity index (χ4n) is 4.24. The van der Waals surface area contributed by atoms with Crippen LogP contribution in [0.4, 0.5) is 10.1 Å². The van der Waals surface area contributed by atoms with E-state index in [2.05, 4.69) is 10.6 Å². The molecule has 1 heterocycles. The summed E-state index contributed by atoms with van der Waals surface area (Å²) in [5, 5.41) is 5.37. The van der Waals surface area contributed by atoms with Gasteiger partial charge in [0.05, 0.1) is 5.41 Å². The maximum absolute atomic E-state index is 13.1. The van der Waals surface area contributed by atoms with E-state index in [1.807, 2.05) is 19.1 Å². The van der Waals surface area contributed by atoms with Crippen LogP contribution in [0, 0.1) is 11.7 Å². The lowest BCUT2D eigenvalue weighted by atomic mass is 9.72. The van der Waals surface area contributed by atoms with Gasteiger partial charge in [0.1, 0.15) is 5.82 Å². The Hall–Kier alpha value is -3.02. The minimum Gasteiger partial charge on any atom is -0.326 e. The molecule has 0 spiro atoms. The quantitative estimate of drug-likeness (QED) is 0.760. The first-order valence-electron chi connectivity index (χ1n) is 9.94. The monoisotopic (exact) mass is 394 g/mol. The first-order chi connectivity index (χ1) is 13.9. The van der Waals surface area contributed by atoms with Gasteiger partial charge in [0, 0.05) is 18.0 Å². The second-order valence-electron chi connectivity index (χ2n) is 7.88. The molecule has 2 aliphatic rings. The number of hydrogen-bond acceptors (Lipinski definition) is 3. The van der Waals surface area contributed by atoms with Gasteiger partial charge in [-0.15, -0.1) is 0 Å². The Morgan fingerprint density at radius 2 is 1.83 bits per heavy atom. The molecular weight excluding hydrogens is 371 g/mol. The number of carbonyl (C=O) groups is 3. The summed E-state index contributed by atoms with van der Waals surface area (Å²) in [6, 6.07) is 13.6. The maximum atomic E-state index is 13.1. The van der Waals surface area contributed by atoms with Crippen LogP contribution in [-0.4, -0.2) is 17.7 Å². The Morgan fingerprint density at radius 3 is 2.45 bits per heavy atom. The summed E-state index contributed by atoms with van der Waals surface area (Å²) < 4.78 is 13.1. The van der Waals surface area contributed by atoms with Crippen molar-refractivity contribution in [3.8, 4) is 0 Å². The molecule has 0 bridgehead atoms. The van der Waals surface area contributed by atoms with Crippen molar-refractivity contribution in [3.63, 3.8) is 0 Å². The predicted octanol–water partition coefficient (Wildman–Crippen LogP) is 3.65. The summed E-state index contributed by atoms with van der Waals surface area (Å²) in [7, 11) is 0. The van der Waals surface area contributed by atoms with E-state index in [9.17, 15) is 18.8 Å². The number of piperidine rings is 1. The lowest BCUT2D eigenvalue weighted by Gasteiger charge is -2.35. The molecule has 0 radical (unpaired) electrons. The van der Waals surface area contributed by atoms with E-state index < -0.39 is 5.41 Å². The van der Waals surface area contributed by atoms with E-state index >= 15 is 0 Å². The zero-order valence-electron chi connectivity index (χ0n) is 16.2. The fourth-order valence-corrected chi connectivity index (χ4v) is 4.24. The van der Waals surface area contributed by atoms with Crippen LogP contribution < -0.4 is 10.6 Å². The van der Waals surface area contributed by atoms with Gasteiger partial charge in [0.25, 0.3) is 0 Å². The highest BCUT2D eigenvalue weighted by Crippen LogP contribution is 2.48. The summed E-state index contributed by atoms with van der Waals surface area (Å²) in [5.41, 5.74) is 1.78. The van der Waals surface area contributed by atoms with Crippen LogP contribution in [0.2, 0.25) is 0 Å². The van der Waals surface area contributed by atoms with E-state index in [4.69, 9.17) is 0 Å².